The molecule has 0 aliphatic heterocycles. The van der Waals surface area contributed by atoms with Crippen molar-refractivity contribution >= 4 is 5.97 Å². The van der Waals surface area contributed by atoms with Gasteiger partial charge in [0.05, 0.1) is 5.92 Å². The number of aromatic nitrogens is 2. The number of carbonyl (C=O) groups is 1. The quantitative estimate of drug-likeness (QED) is 0.851. The fourth-order valence-corrected chi connectivity index (χ4v) is 3.33. The molecule has 1 aliphatic carbocycles. The van der Waals surface area contributed by atoms with Crippen LogP contribution in [0.2, 0.25) is 0 Å². The van der Waals surface area contributed by atoms with E-state index in [1.165, 1.54) is 0 Å². The lowest BCUT2D eigenvalue weighted by Crippen LogP contribution is -2.37. The van der Waals surface area contributed by atoms with Gasteiger partial charge in [0.2, 0.25) is 0 Å². The molecule has 1 N–H and O–H groups in total. The van der Waals surface area contributed by atoms with Gasteiger partial charge in [-0.25, -0.2) is 4.39 Å². The summed E-state index contributed by atoms with van der Waals surface area (Å²) in [6.07, 6.45) is 2.01. The number of nitrogens with zero attached hydrogens (tertiary/aromatic N) is 2. The van der Waals surface area contributed by atoms with Crippen LogP contribution in [0.3, 0.4) is 0 Å². The molecule has 4 nitrogen and oxygen atoms in total. The second-order valence-corrected chi connectivity index (χ2v) is 6.48. The summed E-state index contributed by atoms with van der Waals surface area (Å²) in [5.41, 5.74) is 0.409. The molecule has 128 valence electrons. The van der Waals surface area contributed by atoms with E-state index in [9.17, 15) is 9.90 Å². The highest BCUT2D eigenvalue weighted by molar-refractivity contribution is 5.71. The molecule has 1 fully saturated rings. The Bertz CT molecular complexity index is 828. The Morgan fingerprint density at radius 1 is 1.32 bits per heavy atom. The number of halogens is 1. The summed E-state index contributed by atoms with van der Waals surface area (Å²) in [6, 6.07) is 11.0. The highest BCUT2D eigenvalue weighted by Gasteiger charge is 2.43. The topological polar surface area (TPSA) is 63.1 Å². The predicted molar refractivity (Wildman–Crippen MR) is 91.6 cm³/mol. The molecule has 0 spiro atoms. The van der Waals surface area contributed by atoms with Crippen molar-refractivity contribution in [2.75, 3.05) is 0 Å². The van der Waals surface area contributed by atoms with E-state index < -0.39 is 23.5 Å². The maximum absolute atomic E-state index is 15.3. The van der Waals surface area contributed by atoms with Gasteiger partial charge in [-0.15, -0.1) is 5.10 Å². The molecule has 25 heavy (non-hydrogen) atoms. The van der Waals surface area contributed by atoms with Gasteiger partial charge in [0.15, 0.2) is 5.67 Å². The van der Waals surface area contributed by atoms with Crippen LogP contribution in [0.15, 0.2) is 42.6 Å². The zero-order valence-corrected chi connectivity index (χ0v) is 13.9. The van der Waals surface area contributed by atoms with E-state index in [1.807, 2.05) is 37.3 Å². The number of hydrogen-bond donors (Lipinski definition) is 1. The molecule has 1 aliphatic rings. The fourth-order valence-electron chi connectivity index (χ4n) is 3.33. The average Bonchev–Trinajstić information content (AvgIpc) is 2.61. The van der Waals surface area contributed by atoms with Crippen molar-refractivity contribution in [3.05, 3.63) is 59.4 Å². The summed E-state index contributed by atoms with van der Waals surface area (Å²) in [7, 11) is 0. The SMILES string of the molecule is Cc1ccnnc1C#CC1(F)CC[C@@H](C(=O)O)[C@H](c2ccccc2)C1. The van der Waals surface area contributed by atoms with Crippen LogP contribution < -0.4 is 0 Å². The number of benzene rings is 1. The molecule has 3 rings (SSSR count). The van der Waals surface area contributed by atoms with Crippen molar-refractivity contribution in [2.24, 2.45) is 5.92 Å². The summed E-state index contributed by atoms with van der Waals surface area (Å²) < 4.78 is 15.3. The smallest absolute Gasteiger partial charge is 0.307 e. The Kier molecular flexibility index (Phi) is 4.80. The van der Waals surface area contributed by atoms with Crippen LogP contribution in [-0.2, 0) is 4.79 Å². The van der Waals surface area contributed by atoms with E-state index >= 15 is 4.39 Å². The van der Waals surface area contributed by atoms with Crippen LogP contribution in [0.4, 0.5) is 4.39 Å². The van der Waals surface area contributed by atoms with Crippen LogP contribution in [0.1, 0.15) is 42.0 Å². The maximum Gasteiger partial charge on any atom is 0.307 e. The number of rotatable bonds is 2. The van der Waals surface area contributed by atoms with E-state index in [4.69, 9.17) is 0 Å². The van der Waals surface area contributed by atoms with E-state index in [0.717, 1.165) is 11.1 Å². The first kappa shape index (κ1) is 17.1. The lowest BCUT2D eigenvalue weighted by atomic mass is 9.70. The van der Waals surface area contributed by atoms with Gasteiger partial charge in [-0.2, -0.15) is 5.10 Å². The molecular weight excluding hydrogens is 319 g/mol. The second kappa shape index (κ2) is 7.02. The first-order valence-electron chi connectivity index (χ1n) is 8.27. The van der Waals surface area contributed by atoms with Crippen LogP contribution in [-0.4, -0.2) is 26.9 Å². The summed E-state index contributed by atoms with van der Waals surface area (Å²) in [5, 5.41) is 17.2. The minimum atomic E-state index is -1.73. The van der Waals surface area contributed by atoms with Crippen molar-refractivity contribution in [3.63, 3.8) is 0 Å². The highest BCUT2D eigenvalue weighted by atomic mass is 19.1. The molecule has 1 aromatic carbocycles. The molecule has 2 aromatic rings. The molecule has 0 bridgehead atoms. The third kappa shape index (κ3) is 3.85. The lowest BCUT2D eigenvalue weighted by molar-refractivity contribution is -0.144. The number of aryl methyl sites for hydroxylation is 1. The van der Waals surface area contributed by atoms with Crippen molar-refractivity contribution in [3.8, 4) is 11.8 Å². The van der Waals surface area contributed by atoms with E-state index in [0.29, 0.717) is 5.69 Å². The number of carboxylic acid groups (broad SMARTS) is 1. The number of aliphatic carboxylic acids is 1. The Morgan fingerprint density at radius 3 is 2.76 bits per heavy atom. The molecule has 0 radical (unpaired) electrons. The molecule has 1 saturated carbocycles. The van der Waals surface area contributed by atoms with Crippen molar-refractivity contribution < 1.29 is 14.3 Å². The molecule has 3 atom stereocenters. The molecule has 1 aromatic heterocycles. The van der Waals surface area contributed by atoms with E-state index in [-0.39, 0.29) is 19.3 Å². The maximum atomic E-state index is 15.3. The third-order valence-corrected chi connectivity index (χ3v) is 4.75. The highest BCUT2D eigenvalue weighted by Crippen LogP contribution is 2.44. The van der Waals surface area contributed by atoms with Gasteiger partial charge < -0.3 is 5.11 Å². The van der Waals surface area contributed by atoms with Gasteiger partial charge in [0.1, 0.15) is 5.69 Å². The third-order valence-electron chi connectivity index (χ3n) is 4.75. The molecule has 1 unspecified atom stereocenters. The van der Waals surface area contributed by atoms with Crippen LogP contribution in [0.5, 0.6) is 0 Å². The Morgan fingerprint density at radius 2 is 2.08 bits per heavy atom. The largest absolute Gasteiger partial charge is 0.481 e. The molecular formula is C20H19FN2O2. The van der Waals surface area contributed by atoms with Gasteiger partial charge in [-0.05, 0) is 42.9 Å². The molecule has 0 amide bonds. The van der Waals surface area contributed by atoms with Crippen molar-refractivity contribution in [1.29, 1.82) is 0 Å². The Hall–Kier alpha value is -2.74. The second-order valence-electron chi connectivity index (χ2n) is 6.48. The summed E-state index contributed by atoms with van der Waals surface area (Å²) in [4.78, 5) is 11.6. The minimum Gasteiger partial charge on any atom is -0.481 e. The predicted octanol–water partition coefficient (Wildman–Crippen LogP) is 3.51. The number of hydrogen-bond acceptors (Lipinski definition) is 3. The van der Waals surface area contributed by atoms with Gasteiger partial charge >= 0.3 is 5.97 Å². The average molecular weight is 338 g/mol. The van der Waals surface area contributed by atoms with Crippen molar-refractivity contribution in [2.45, 2.75) is 37.8 Å². The molecule has 1 heterocycles. The molecule has 5 heteroatoms. The van der Waals surface area contributed by atoms with Gasteiger partial charge in [-0.1, -0.05) is 36.3 Å². The fraction of sp³-hybridized carbons (Fsp3) is 0.350. The monoisotopic (exact) mass is 338 g/mol. The van der Waals surface area contributed by atoms with Gasteiger partial charge in [-0.3, -0.25) is 4.79 Å². The number of carboxylic acids is 1. The first-order valence-corrected chi connectivity index (χ1v) is 8.27. The standard InChI is InChI=1S/C20H19FN2O2/c1-14-9-12-22-23-18(14)8-11-20(21)10-7-16(19(24)25)17(13-20)15-5-3-2-4-6-15/h2-6,9,12,16-17H,7,10,13H2,1H3,(H,24,25)/t16-,17+,20?/m1/s1. The van der Waals surface area contributed by atoms with Crippen molar-refractivity contribution in [1.82, 2.24) is 10.2 Å². The van der Waals surface area contributed by atoms with Gasteiger partial charge in [0, 0.05) is 18.5 Å². The lowest BCUT2D eigenvalue weighted by Gasteiger charge is -2.35. The van der Waals surface area contributed by atoms with Crippen LogP contribution in [0, 0.1) is 24.7 Å². The Balaban J connectivity index is 1.89. The normalized spacial score (nSPS) is 25.7. The zero-order chi connectivity index (χ0) is 17.9. The molecule has 0 saturated heterocycles. The van der Waals surface area contributed by atoms with E-state index in [2.05, 4.69) is 22.0 Å². The van der Waals surface area contributed by atoms with Crippen LogP contribution in [0.25, 0.3) is 0 Å². The van der Waals surface area contributed by atoms with E-state index in [1.54, 1.807) is 12.3 Å². The summed E-state index contributed by atoms with van der Waals surface area (Å²) in [5.74, 6) is 3.63. The Labute approximate surface area is 146 Å². The minimum absolute atomic E-state index is 0.0697. The van der Waals surface area contributed by atoms with Crippen LogP contribution >= 0.6 is 0 Å². The first-order chi connectivity index (χ1) is 12.0. The van der Waals surface area contributed by atoms with Gasteiger partial charge in [0.25, 0.3) is 0 Å². The summed E-state index contributed by atoms with van der Waals surface area (Å²) >= 11 is 0. The zero-order valence-electron chi connectivity index (χ0n) is 13.9. The number of alkyl halides is 1. The summed E-state index contributed by atoms with van der Waals surface area (Å²) in [6.45, 7) is 1.84.